The number of nitrogens with one attached hydrogen (secondary N) is 1. The fourth-order valence-corrected chi connectivity index (χ4v) is 6.38. The molecule has 5 rings (SSSR count). The van der Waals surface area contributed by atoms with Gasteiger partial charge >= 0.3 is 0 Å². The SMILES string of the molecule is Cc1ccc(C(=O)Nc2ccc(S(=O)(=O)N3C[C@H]4C[C@@H](C3)c3cccc(=O)n3C4)cc2)cc1. The number of nitrogens with zero attached hydrogens (tertiary/aromatic N) is 2. The van der Waals surface area contributed by atoms with Gasteiger partial charge in [0.15, 0.2) is 0 Å². The van der Waals surface area contributed by atoms with Crippen LogP contribution in [0.25, 0.3) is 0 Å². The van der Waals surface area contributed by atoms with E-state index in [0.717, 1.165) is 17.7 Å². The molecule has 0 saturated carbocycles. The normalized spacial score (nSPS) is 20.2. The number of pyridine rings is 1. The zero-order chi connectivity index (χ0) is 23.2. The summed E-state index contributed by atoms with van der Waals surface area (Å²) in [5.41, 5.74) is 3.02. The van der Waals surface area contributed by atoms with Crippen molar-refractivity contribution in [3.63, 3.8) is 0 Å². The average molecular weight is 464 g/mol. The van der Waals surface area contributed by atoms with E-state index in [1.807, 2.05) is 25.1 Å². The largest absolute Gasteiger partial charge is 0.322 e. The lowest BCUT2D eigenvalue weighted by atomic mass is 9.84. The molecule has 2 aromatic carbocycles. The van der Waals surface area contributed by atoms with Gasteiger partial charge in [-0.25, -0.2) is 8.42 Å². The van der Waals surface area contributed by atoms with E-state index < -0.39 is 10.0 Å². The van der Waals surface area contributed by atoms with Crippen LogP contribution in [0.15, 0.2) is 76.4 Å². The van der Waals surface area contributed by atoms with Crippen molar-refractivity contribution in [2.75, 3.05) is 18.4 Å². The molecule has 1 amide bonds. The minimum absolute atomic E-state index is 0.00856. The van der Waals surface area contributed by atoms with E-state index in [1.54, 1.807) is 41.0 Å². The Morgan fingerprint density at radius 1 is 0.939 bits per heavy atom. The summed E-state index contributed by atoms with van der Waals surface area (Å²) >= 11 is 0. The molecule has 170 valence electrons. The molecule has 2 bridgehead atoms. The van der Waals surface area contributed by atoms with Crippen molar-refractivity contribution >= 4 is 21.6 Å². The van der Waals surface area contributed by atoms with Crippen molar-refractivity contribution in [3.05, 3.63) is 93.9 Å². The molecule has 0 aliphatic carbocycles. The summed E-state index contributed by atoms with van der Waals surface area (Å²) in [5.74, 6) is -0.128. The first-order chi connectivity index (χ1) is 15.8. The number of sulfonamides is 1. The molecule has 33 heavy (non-hydrogen) atoms. The van der Waals surface area contributed by atoms with E-state index in [-0.39, 0.29) is 28.2 Å². The van der Waals surface area contributed by atoms with Gasteiger partial charge in [-0.15, -0.1) is 0 Å². The molecule has 2 atom stereocenters. The standard InChI is InChI=1S/C25H25N3O4S/c1-17-5-7-19(8-6-17)25(30)26-21-9-11-22(12-10-21)33(31,32)27-14-18-13-20(16-27)23-3-2-4-24(29)28(23)15-18/h2-12,18,20H,13-16H2,1H3,(H,26,30)/t18-,20+/m1/s1. The number of anilines is 1. The number of carbonyl (C=O) groups excluding carboxylic acids is 1. The fourth-order valence-electron chi connectivity index (χ4n) is 4.82. The number of hydrogen-bond acceptors (Lipinski definition) is 4. The third-order valence-electron chi connectivity index (χ3n) is 6.51. The molecule has 2 aliphatic heterocycles. The van der Waals surface area contributed by atoms with Crippen LogP contribution in [0.1, 0.15) is 34.0 Å². The van der Waals surface area contributed by atoms with Crippen molar-refractivity contribution < 1.29 is 13.2 Å². The lowest BCUT2D eigenvalue weighted by Crippen LogP contribution is -2.48. The first-order valence-corrected chi connectivity index (χ1v) is 12.4. The lowest BCUT2D eigenvalue weighted by Gasteiger charge is -2.42. The van der Waals surface area contributed by atoms with Crippen LogP contribution in [-0.4, -0.2) is 36.3 Å². The van der Waals surface area contributed by atoms with Crippen LogP contribution in [0.5, 0.6) is 0 Å². The summed E-state index contributed by atoms with van der Waals surface area (Å²) < 4.78 is 30.0. The second-order valence-electron chi connectivity index (χ2n) is 8.86. The quantitative estimate of drug-likeness (QED) is 0.644. The third kappa shape index (κ3) is 4.12. The van der Waals surface area contributed by atoms with Crippen LogP contribution in [0.4, 0.5) is 5.69 Å². The van der Waals surface area contributed by atoms with Gasteiger partial charge in [-0.1, -0.05) is 23.8 Å². The summed E-state index contributed by atoms with van der Waals surface area (Å²) in [7, 11) is -3.69. The second-order valence-corrected chi connectivity index (χ2v) is 10.8. The maximum atomic E-state index is 13.4. The Balaban J connectivity index is 1.33. The molecule has 7 nitrogen and oxygen atoms in total. The smallest absolute Gasteiger partial charge is 0.255 e. The number of benzene rings is 2. The Kier molecular flexibility index (Phi) is 5.42. The highest BCUT2D eigenvalue weighted by Gasteiger charge is 2.39. The maximum Gasteiger partial charge on any atom is 0.255 e. The van der Waals surface area contributed by atoms with Gasteiger partial charge in [0.2, 0.25) is 10.0 Å². The topological polar surface area (TPSA) is 88.5 Å². The number of aromatic nitrogens is 1. The number of carbonyl (C=O) groups is 1. The first kappa shape index (κ1) is 21.6. The molecular formula is C25H25N3O4S. The van der Waals surface area contributed by atoms with Crippen LogP contribution < -0.4 is 10.9 Å². The van der Waals surface area contributed by atoms with Gasteiger partial charge in [0.1, 0.15) is 0 Å². The predicted octanol–water partition coefficient (Wildman–Crippen LogP) is 3.22. The number of hydrogen-bond donors (Lipinski definition) is 1. The Morgan fingerprint density at radius 3 is 2.39 bits per heavy atom. The summed E-state index contributed by atoms with van der Waals surface area (Å²) in [5, 5.41) is 2.80. The monoisotopic (exact) mass is 463 g/mol. The summed E-state index contributed by atoms with van der Waals surface area (Å²) in [4.78, 5) is 24.8. The number of amides is 1. The minimum Gasteiger partial charge on any atom is -0.322 e. The molecule has 0 radical (unpaired) electrons. The second kappa shape index (κ2) is 8.28. The molecule has 0 unspecified atom stereocenters. The van der Waals surface area contributed by atoms with Crippen molar-refractivity contribution in [2.45, 2.75) is 30.7 Å². The zero-order valence-electron chi connectivity index (χ0n) is 18.3. The highest BCUT2D eigenvalue weighted by molar-refractivity contribution is 7.89. The van der Waals surface area contributed by atoms with E-state index in [4.69, 9.17) is 0 Å². The van der Waals surface area contributed by atoms with E-state index in [1.165, 1.54) is 16.4 Å². The molecule has 8 heteroatoms. The van der Waals surface area contributed by atoms with Gasteiger partial charge in [0.25, 0.3) is 11.5 Å². The Morgan fingerprint density at radius 2 is 1.67 bits per heavy atom. The third-order valence-corrected chi connectivity index (χ3v) is 8.36. The van der Waals surface area contributed by atoms with Crippen molar-refractivity contribution in [2.24, 2.45) is 5.92 Å². The van der Waals surface area contributed by atoms with E-state index in [0.29, 0.717) is 30.9 Å². The highest BCUT2D eigenvalue weighted by atomic mass is 32.2. The molecule has 2 aliphatic rings. The van der Waals surface area contributed by atoms with Gasteiger partial charge in [-0.05, 0) is 61.7 Å². The lowest BCUT2D eigenvalue weighted by molar-refractivity contribution is 0.102. The van der Waals surface area contributed by atoms with Crippen LogP contribution in [0, 0.1) is 12.8 Å². The van der Waals surface area contributed by atoms with Gasteiger partial charge < -0.3 is 9.88 Å². The van der Waals surface area contributed by atoms with Crippen LogP contribution in [0.3, 0.4) is 0 Å². The average Bonchev–Trinajstić information content (AvgIpc) is 2.80. The Bertz CT molecular complexity index is 1360. The molecule has 1 aromatic heterocycles. The molecule has 3 heterocycles. The Hall–Kier alpha value is -3.23. The van der Waals surface area contributed by atoms with Gasteiger partial charge in [-0.3, -0.25) is 9.59 Å². The summed E-state index contributed by atoms with van der Waals surface area (Å²) in [6, 6.07) is 18.7. The maximum absolute atomic E-state index is 13.4. The number of fused-ring (bicyclic) bond motifs is 4. The molecule has 1 fully saturated rings. The molecule has 3 aromatic rings. The Labute approximate surface area is 192 Å². The number of piperidine rings is 1. The van der Waals surface area contributed by atoms with Crippen molar-refractivity contribution in [1.82, 2.24) is 8.87 Å². The van der Waals surface area contributed by atoms with E-state index in [9.17, 15) is 18.0 Å². The zero-order valence-corrected chi connectivity index (χ0v) is 19.1. The summed E-state index contributed by atoms with van der Waals surface area (Å²) in [6.07, 6.45) is 0.888. The van der Waals surface area contributed by atoms with E-state index >= 15 is 0 Å². The molecular weight excluding hydrogens is 438 g/mol. The predicted molar refractivity (Wildman–Crippen MR) is 126 cm³/mol. The fraction of sp³-hybridized carbons (Fsp3) is 0.280. The van der Waals surface area contributed by atoms with Crippen molar-refractivity contribution in [3.8, 4) is 0 Å². The molecule has 1 N–H and O–H groups in total. The molecule has 1 saturated heterocycles. The summed E-state index contributed by atoms with van der Waals surface area (Å²) in [6.45, 7) is 3.25. The van der Waals surface area contributed by atoms with Gasteiger partial charge in [-0.2, -0.15) is 4.31 Å². The number of rotatable bonds is 4. The highest BCUT2D eigenvalue weighted by Crippen LogP contribution is 2.37. The van der Waals surface area contributed by atoms with Crippen LogP contribution in [-0.2, 0) is 16.6 Å². The van der Waals surface area contributed by atoms with Gasteiger partial charge in [0.05, 0.1) is 4.90 Å². The van der Waals surface area contributed by atoms with Gasteiger partial charge in [0, 0.05) is 48.6 Å². The number of aryl methyl sites for hydroxylation is 1. The first-order valence-electron chi connectivity index (χ1n) is 11.0. The molecule has 0 spiro atoms. The van der Waals surface area contributed by atoms with Crippen molar-refractivity contribution in [1.29, 1.82) is 0 Å². The van der Waals surface area contributed by atoms with Crippen LogP contribution in [0.2, 0.25) is 0 Å². The van der Waals surface area contributed by atoms with Crippen LogP contribution >= 0.6 is 0 Å². The minimum atomic E-state index is -3.69. The van der Waals surface area contributed by atoms with E-state index in [2.05, 4.69) is 5.32 Å².